The van der Waals surface area contributed by atoms with Gasteiger partial charge in [0.2, 0.25) is 5.91 Å². The van der Waals surface area contributed by atoms with Crippen molar-refractivity contribution in [1.82, 2.24) is 9.88 Å². The van der Waals surface area contributed by atoms with Crippen LogP contribution >= 0.6 is 0 Å². The van der Waals surface area contributed by atoms with E-state index in [4.69, 9.17) is 5.73 Å². The summed E-state index contributed by atoms with van der Waals surface area (Å²) in [6.07, 6.45) is 3.18. The van der Waals surface area contributed by atoms with E-state index in [2.05, 4.69) is 4.98 Å². The summed E-state index contributed by atoms with van der Waals surface area (Å²) in [6.45, 7) is 0.603. The van der Waals surface area contributed by atoms with Crippen LogP contribution in [0.1, 0.15) is 23.3 Å². The molecule has 1 aromatic rings. The molecular weight excluding hydrogens is 194 g/mol. The lowest BCUT2D eigenvalue weighted by atomic mass is 10.2. The second kappa shape index (κ2) is 3.76. The molecule has 3 N–H and O–H groups in total. The van der Waals surface area contributed by atoms with Crippen LogP contribution in [0.3, 0.4) is 0 Å². The molecule has 0 radical (unpaired) electrons. The molecule has 0 aliphatic carbocycles. The van der Waals surface area contributed by atoms with Crippen molar-refractivity contribution in [2.45, 2.75) is 18.9 Å². The number of hydrogen-bond acceptors (Lipinski definition) is 2. The van der Waals surface area contributed by atoms with Crippen LogP contribution in [0.25, 0.3) is 0 Å². The Kier molecular flexibility index (Phi) is 2.45. The Hall–Kier alpha value is -1.78. The smallest absolute Gasteiger partial charge is 0.270 e. The molecule has 1 atom stereocenters. The molecule has 1 fully saturated rings. The van der Waals surface area contributed by atoms with Gasteiger partial charge in [-0.3, -0.25) is 9.59 Å². The van der Waals surface area contributed by atoms with Crippen LogP contribution in [-0.2, 0) is 4.79 Å². The van der Waals surface area contributed by atoms with E-state index in [0.717, 1.165) is 6.42 Å². The molecule has 80 valence electrons. The Morgan fingerprint density at radius 1 is 1.53 bits per heavy atom. The van der Waals surface area contributed by atoms with Gasteiger partial charge >= 0.3 is 0 Å². The second-order valence-electron chi connectivity index (χ2n) is 3.64. The SMILES string of the molecule is NC(=O)C1CCCN1C(=O)c1ccc[nH]1. The van der Waals surface area contributed by atoms with Gasteiger partial charge in [0, 0.05) is 12.7 Å². The highest BCUT2D eigenvalue weighted by atomic mass is 16.2. The molecule has 15 heavy (non-hydrogen) atoms. The number of aromatic amines is 1. The molecule has 2 amide bonds. The summed E-state index contributed by atoms with van der Waals surface area (Å²) in [5.74, 6) is -0.575. The van der Waals surface area contributed by atoms with E-state index in [9.17, 15) is 9.59 Å². The number of nitrogens with two attached hydrogens (primary N) is 1. The Labute approximate surface area is 87.2 Å². The molecule has 2 heterocycles. The molecule has 1 aliphatic heterocycles. The van der Waals surface area contributed by atoms with Gasteiger partial charge in [0.15, 0.2) is 0 Å². The van der Waals surface area contributed by atoms with Crippen LogP contribution in [0.2, 0.25) is 0 Å². The summed E-state index contributed by atoms with van der Waals surface area (Å²) in [5, 5.41) is 0. The fourth-order valence-corrected chi connectivity index (χ4v) is 1.92. The third-order valence-corrected chi connectivity index (χ3v) is 2.67. The molecule has 1 aromatic heterocycles. The van der Waals surface area contributed by atoms with Crippen molar-refractivity contribution in [3.63, 3.8) is 0 Å². The average Bonchev–Trinajstić information content (AvgIpc) is 2.88. The molecule has 2 rings (SSSR count). The monoisotopic (exact) mass is 207 g/mol. The molecular formula is C10H13N3O2. The Morgan fingerprint density at radius 2 is 2.33 bits per heavy atom. The highest BCUT2D eigenvalue weighted by molar-refractivity contribution is 5.96. The third kappa shape index (κ3) is 1.72. The normalized spacial score (nSPS) is 20.5. The van der Waals surface area contributed by atoms with Gasteiger partial charge in [-0.2, -0.15) is 0 Å². The maximum atomic E-state index is 11.9. The number of carbonyl (C=O) groups is 2. The maximum Gasteiger partial charge on any atom is 0.270 e. The first kappa shape index (κ1) is 9.76. The zero-order chi connectivity index (χ0) is 10.8. The van der Waals surface area contributed by atoms with E-state index in [0.29, 0.717) is 18.7 Å². The second-order valence-corrected chi connectivity index (χ2v) is 3.64. The van der Waals surface area contributed by atoms with Gasteiger partial charge in [-0.15, -0.1) is 0 Å². The molecule has 5 heteroatoms. The number of nitrogens with zero attached hydrogens (tertiary/aromatic N) is 1. The molecule has 5 nitrogen and oxygen atoms in total. The van der Waals surface area contributed by atoms with E-state index in [-0.39, 0.29) is 5.91 Å². The van der Waals surface area contributed by atoms with Crippen LogP contribution in [-0.4, -0.2) is 34.3 Å². The van der Waals surface area contributed by atoms with Crippen LogP contribution < -0.4 is 5.73 Å². The summed E-state index contributed by atoms with van der Waals surface area (Å²) in [6, 6.07) is 3.00. The van der Waals surface area contributed by atoms with Gasteiger partial charge < -0.3 is 15.6 Å². The van der Waals surface area contributed by atoms with E-state index in [1.54, 1.807) is 18.3 Å². The van der Waals surface area contributed by atoms with E-state index in [1.165, 1.54) is 4.90 Å². The topological polar surface area (TPSA) is 79.2 Å². The van der Waals surface area contributed by atoms with Crippen LogP contribution in [0.5, 0.6) is 0 Å². The van der Waals surface area contributed by atoms with Crippen molar-refractivity contribution in [3.05, 3.63) is 24.0 Å². The van der Waals surface area contributed by atoms with E-state index >= 15 is 0 Å². The van der Waals surface area contributed by atoms with Crippen molar-refractivity contribution >= 4 is 11.8 Å². The first-order valence-corrected chi connectivity index (χ1v) is 4.94. The molecule has 0 spiro atoms. The van der Waals surface area contributed by atoms with Gasteiger partial charge in [-0.25, -0.2) is 0 Å². The van der Waals surface area contributed by atoms with E-state index in [1.807, 2.05) is 0 Å². The van der Waals surface area contributed by atoms with Crippen molar-refractivity contribution in [2.75, 3.05) is 6.54 Å². The lowest BCUT2D eigenvalue weighted by Gasteiger charge is -2.21. The van der Waals surface area contributed by atoms with Crippen molar-refractivity contribution in [1.29, 1.82) is 0 Å². The van der Waals surface area contributed by atoms with Crippen molar-refractivity contribution < 1.29 is 9.59 Å². The number of aromatic nitrogens is 1. The van der Waals surface area contributed by atoms with Crippen LogP contribution in [0.15, 0.2) is 18.3 Å². The van der Waals surface area contributed by atoms with E-state index < -0.39 is 11.9 Å². The number of amides is 2. The van der Waals surface area contributed by atoms with Gasteiger partial charge in [-0.1, -0.05) is 0 Å². The standard InChI is InChI=1S/C10H13N3O2/c11-9(14)8-4-2-6-13(8)10(15)7-3-1-5-12-7/h1,3,5,8,12H,2,4,6H2,(H2,11,14). The maximum absolute atomic E-state index is 11.9. The third-order valence-electron chi connectivity index (χ3n) is 2.67. The predicted molar refractivity (Wildman–Crippen MR) is 54.0 cm³/mol. The molecule has 1 aliphatic rings. The quantitative estimate of drug-likeness (QED) is 0.721. The van der Waals surface area contributed by atoms with Crippen molar-refractivity contribution in [2.24, 2.45) is 5.73 Å². The summed E-state index contributed by atoms with van der Waals surface area (Å²) in [5.41, 5.74) is 5.74. The summed E-state index contributed by atoms with van der Waals surface area (Å²) < 4.78 is 0. The van der Waals surface area contributed by atoms with Crippen LogP contribution in [0, 0.1) is 0 Å². The Bertz CT molecular complexity index is 372. The number of H-pyrrole nitrogens is 1. The number of likely N-dealkylation sites (tertiary alicyclic amines) is 1. The van der Waals surface area contributed by atoms with Crippen molar-refractivity contribution in [3.8, 4) is 0 Å². The minimum atomic E-state index is -0.444. The Balaban J connectivity index is 2.17. The highest BCUT2D eigenvalue weighted by Gasteiger charge is 2.33. The van der Waals surface area contributed by atoms with Gasteiger partial charge in [0.1, 0.15) is 11.7 Å². The lowest BCUT2D eigenvalue weighted by molar-refractivity contribution is -0.121. The minimum Gasteiger partial charge on any atom is -0.368 e. The number of primary amides is 1. The zero-order valence-electron chi connectivity index (χ0n) is 8.27. The van der Waals surface area contributed by atoms with Crippen LogP contribution in [0.4, 0.5) is 0 Å². The van der Waals surface area contributed by atoms with Gasteiger partial charge in [-0.05, 0) is 25.0 Å². The lowest BCUT2D eigenvalue weighted by Crippen LogP contribution is -2.43. The number of hydrogen-bond donors (Lipinski definition) is 2. The predicted octanol–water partition coefficient (Wildman–Crippen LogP) is 0.105. The number of carbonyl (C=O) groups excluding carboxylic acids is 2. The van der Waals surface area contributed by atoms with Gasteiger partial charge in [0.25, 0.3) is 5.91 Å². The minimum absolute atomic E-state index is 0.152. The summed E-state index contributed by atoms with van der Waals surface area (Å²) in [7, 11) is 0. The molecule has 0 aromatic carbocycles. The molecule has 0 bridgehead atoms. The zero-order valence-corrected chi connectivity index (χ0v) is 8.27. The number of rotatable bonds is 2. The molecule has 1 unspecified atom stereocenters. The van der Waals surface area contributed by atoms with Gasteiger partial charge in [0.05, 0.1) is 0 Å². The Morgan fingerprint density at radius 3 is 2.93 bits per heavy atom. The largest absolute Gasteiger partial charge is 0.368 e. The summed E-state index contributed by atoms with van der Waals surface area (Å²) >= 11 is 0. The summed E-state index contributed by atoms with van der Waals surface area (Å²) in [4.78, 5) is 27.4. The number of nitrogens with one attached hydrogen (secondary N) is 1. The molecule has 0 saturated carbocycles. The average molecular weight is 207 g/mol. The highest BCUT2D eigenvalue weighted by Crippen LogP contribution is 2.19. The first-order valence-electron chi connectivity index (χ1n) is 4.94. The fourth-order valence-electron chi connectivity index (χ4n) is 1.92. The molecule has 1 saturated heterocycles. The first-order chi connectivity index (χ1) is 7.20. The fraction of sp³-hybridized carbons (Fsp3) is 0.400.